The molecule has 0 N–H and O–H groups in total. The van der Waals surface area contributed by atoms with E-state index in [0.717, 1.165) is 23.5 Å². The van der Waals surface area contributed by atoms with Gasteiger partial charge in [0.25, 0.3) is 0 Å². The molecule has 0 aliphatic carbocycles. The van der Waals surface area contributed by atoms with Crippen molar-refractivity contribution < 1.29 is 16.5 Å². The third-order valence-corrected chi connectivity index (χ3v) is 2.86. The molecule has 2 aromatic heterocycles. The van der Waals surface area contributed by atoms with Gasteiger partial charge in [-0.25, -0.2) is 0 Å². The van der Waals surface area contributed by atoms with Crippen LogP contribution in [-0.4, -0.2) is 9.97 Å². The Labute approximate surface area is 158 Å². The SMILES string of the molecule is CCc1ccc(-c2cccc(C(C)C)n2)nc1.[Cl][Mo][Cl].[N-]=O.[N-]=O. The molecule has 0 aromatic carbocycles. The van der Waals surface area contributed by atoms with Gasteiger partial charge in [-0.2, -0.15) is 0 Å². The number of aromatic nitrogens is 2. The minimum Gasteiger partial charge on any atom is -0.577 e. The third kappa shape index (κ3) is 9.81. The van der Waals surface area contributed by atoms with E-state index >= 15 is 0 Å². The van der Waals surface area contributed by atoms with Crippen molar-refractivity contribution >= 4 is 18.8 Å². The summed E-state index contributed by atoms with van der Waals surface area (Å²) in [5.74, 6) is 0.449. The van der Waals surface area contributed by atoms with Crippen LogP contribution in [0.3, 0.4) is 0 Å². The number of pyridine rings is 2. The first-order valence-electron chi connectivity index (χ1n) is 6.80. The van der Waals surface area contributed by atoms with E-state index in [-0.39, 0.29) is 0 Å². The molecule has 2 aromatic rings. The molecule has 0 aliphatic rings. The zero-order chi connectivity index (χ0) is 19.0. The number of nitroso groups, excluding NO2 is 2. The number of halogens is 2. The predicted molar refractivity (Wildman–Crippen MR) is 96.1 cm³/mol. The smallest absolute Gasteiger partial charge is 0.423 e. The van der Waals surface area contributed by atoms with Crippen LogP contribution in [0, 0.1) is 9.81 Å². The topological polar surface area (TPSA) is 105 Å². The molecule has 24 heavy (non-hydrogen) atoms. The van der Waals surface area contributed by atoms with Gasteiger partial charge in [-0.1, -0.05) is 32.9 Å². The van der Waals surface area contributed by atoms with Gasteiger partial charge in [-0.3, -0.25) is 9.97 Å². The summed E-state index contributed by atoms with van der Waals surface area (Å²) in [5.41, 5.74) is 15.8. The van der Waals surface area contributed by atoms with Crippen LogP contribution in [0.25, 0.3) is 22.6 Å². The van der Waals surface area contributed by atoms with E-state index in [1.54, 1.807) is 0 Å². The molecule has 0 bridgehead atoms. The Morgan fingerprint density at radius 2 is 1.62 bits per heavy atom. The van der Waals surface area contributed by atoms with E-state index in [1.165, 1.54) is 5.56 Å². The Bertz CT molecular complexity index is 557. The van der Waals surface area contributed by atoms with Gasteiger partial charge in [0.05, 0.1) is 11.4 Å². The van der Waals surface area contributed by atoms with Gasteiger partial charge in [0.15, 0.2) is 0 Å². The molecule has 0 amide bonds. The van der Waals surface area contributed by atoms with Crippen LogP contribution in [0.1, 0.15) is 37.9 Å². The summed E-state index contributed by atoms with van der Waals surface area (Å²) in [6.45, 7) is 6.44. The van der Waals surface area contributed by atoms with Gasteiger partial charge in [0.1, 0.15) is 0 Å². The summed E-state index contributed by atoms with van der Waals surface area (Å²) in [4.78, 5) is 23.6. The maximum absolute atomic E-state index is 7.25. The molecule has 0 saturated heterocycles. The second-order valence-corrected chi connectivity index (χ2v) is 7.61. The number of hydrogen-bond donors (Lipinski definition) is 0. The second-order valence-electron chi connectivity index (χ2n) is 4.57. The molecule has 0 unspecified atom stereocenters. The molecule has 2 rings (SSSR count). The molecule has 0 spiro atoms. The van der Waals surface area contributed by atoms with E-state index in [2.05, 4.69) is 42.9 Å². The Kier molecular flexibility index (Phi) is 17.3. The Morgan fingerprint density at radius 1 is 1.04 bits per heavy atom. The van der Waals surface area contributed by atoms with Crippen molar-refractivity contribution in [1.82, 2.24) is 9.97 Å². The predicted octanol–water partition coefficient (Wildman–Crippen LogP) is 5.85. The zero-order valence-electron chi connectivity index (χ0n) is 13.5. The number of nitrogens with zero attached hydrogens (tertiary/aromatic N) is 4. The number of rotatable bonds is 3. The Balaban J connectivity index is 0. The molecule has 0 saturated carbocycles. The molecule has 0 atom stereocenters. The van der Waals surface area contributed by atoms with Crippen LogP contribution in [0.5, 0.6) is 0 Å². The zero-order valence-corrected chi connectivity index (χ0v) is 17.0. The average molecular weight is 453 g/mol. The molecule has 0 radical (unpaired) electrons. The van der Waals surface area contributed by atoms with E-state index in [0.29, 0.717) is 5.92 Å². The van der Waals surface area contributed by atoms with Gasteiger partial charge in [-0.15, -0.1) is 0 Å². The van der Waals surface area contributed by atoms with Crippen LogP contribution in [0.15, 0.2) is 36.5 Å². The van der Waals surface area contributed by atoms with Gasteiger partial charge in [0.2, 0.25) is 0 Å². The summed E-state index contributed by atoms with van der Waals surface area (Å²) in [6.07, 6.45) is 2.95. The van der Waals surface area contributed by atoms with Crippen LogP contribution >= 0.6 is 18.8 Å². The van der Waals surface area contributed by atoms with E-state index < -0.39 is 16.5 Å². The quantitative estimate of drug-likeness (QED) is 0.544. The molecule has 2 heterocycles. The van der Waals surface area contributed by atoms with E-state index in [4.69, 9.17) is 39.8 Å². The normalized spacial score (nSPS) is 8.75. The van der Waals surface area contributed by atoms with Crippen molar-refractivity contribution in [2.45, 2.75) is 33.1 Å². The maximum Gasteiger partial charge on any atom is -0.423 e. The molecule has 0 aliphatic heterocycles. The summed E-state index contributed by atoms with van der Waals surface area (Å²) in [6, 6.07) is 10.3. The van der Waals surface area contributed by atoms with Crippen LogP contribution in [0.4, 0.5) is 0 Å². The van der Waals surface area contributed by atoms with Gasteiger partial charge < -0.3 is 21.0 Å². The summed E-state index contributed by atoms with van der Waals surface area (Å²) in [5, 5.41) is 0. The summed E-state index contributed by atoms with van der Waals surface area (Å²) in [7, 11) is 9.79. The van der Waals surface area contributed by atoms with Crippen molar-refractivity contribution in [2.75, 3.05) is 0 Å². The fraction of sp³-hybridized carbons (Fsp3) is 0.333. The molecule has 9 heteroatoms. The van der Waals surface area contributed by atoms with Crippen molar-refractivity contribution in [3.8, 4) is 11.4 Å². The number of aryl methyl sites for hydroxylation is 1. The first kappa shape index (κ1) is 25.0. The van der Waals surface area contributed by atoms with Crippen molar-refractivity contribution in [3.05, 3.63) is 68.8 Å². The first-order valence-corrected chi connectivity index (χ1v) is 12.0. The molecule has 132 valence electrons. The Hall–Kier alpha value is -1.23. The molecular formula is C15H18Cl2MoN4O2-2. The largest absolute Gasteiger partial charge is 0.577 e. The van der Waals surface area contributed by atoms with Gasteiger partial charge >= 0.3 is 35.3 Å². The fourth-order valence-corrected chi connectivity index (χ4v) is 1.70. The second kappa shape index (κ2) is 16.6. The molecule has 6 nitrogen and oxygen atoms in total. The monoisotopic (exact) mass is 454 g/mol. The van der Waals surface area contributed by atoms with Crippen molar-refractivity contribution in [1.29, 1.82) is 0 Å². The van der Waals surface area contributed by atoms with E-state index in [1.807, 2.05) is 24.4 Å². The van der Waals surface area contributed by atoms with Gasteiger partial charge in [-0.05, 0) is 36.1 Å². The minimum absolute atomic E-state index is 0.449. The summed E-state index contributed by atoms with van der Waals surface area (Å²) >= 11 is -0.586. The summed E-state index contributed by atoms with van der Waals surface area (Å²) < 4.78 is 0. The first-order chi connectivity index (χ1) is 11.6. The fourth-order valence-electron chi connectivity index (χ4n) is 1.70. The number of hydrogen-bond acceptors (Lipinski definition) is 4. The van der Waals surface area contributed by atoms with Crippen LogP contribution in [0.2, 0.25) is 0 Å². The van der Waals surface area contributed by atoms with Crippen molar-refractivity contribution in [3.63, 3.8) is 0 Å². The van der Waals surface area contributed by atoms with Crippen LogP contribution in [-0.2, 0) is 22.9 Å². The minimum atomic E-state index is -0.586. The maximum atomic E-state index is 7.25. The van der Waals surface area contributed by atoms with Crippen LogP contribution < -0.4 is 0 Å². The molecular weight excluding hydrogens is 435 g/mol. The van der Waals surface area contributed by atoms with E-state index in [9.17, 15) is 0 Å². The molecule has 0 fully saturated rings. The average Bonchev–Trinajstić information content (AvgIpc) is 2.66. The Morgan fingerprint density at radius 3 is 2.04 bits per heavy atom. The van der Waals surface area contributed by atoms with Crippen molar-refractivity contribution in [2.24, 2.45) is 0 Å². The standard InChI is InChI=1S/C15H18N2.2ClH.Mo.2NO/c1-4-12-8-9-14(16-10-12)15-7-5-6-13(17-15)11(2)3;;;;2*1-2/h5-11H,4H2,1-3H3;2*1H;;;/q;;;+2;2*-1/p-2. The van der Waals surface area contributed by atoms with Gasteiger partial charge in [0, 0.05) is 11.9 Å². The third-order valence-electron chi connectivity index (χ3n) is 2.86.